The first-order chi connectivity index (χ1) is 13.7. The number of carbonyl (C=O) groups excluding carboxylic acids is 1. The molecule has 3 rings (SSSR count). The van der Waals surface area contributed by atoms with Crippen LogP contribution in [-0.2, 0) is 17.1 Å². The van der Waals surface area contributed by atoms with Gasteiger partial charge in [0.05, 0.1) is 0 Å². The van der Waals surface area contributed by atoms with E-state index in [1.165, 1.54) is 0 Å². The van der Waals surface area contributed by atoms with Crippen LogP contribution in [0.1, 0.15) is 61.3 Å². The fourth-order valence-electron chi connectivity index (χ4n) is 4.84. The Morgan fingerprint density at radius 2 is 1.79 bits per heavy atom. The largest absolute Gasteiger partial charge is 0.349 e. The molecule has 0 unspecified atom stereocenters. The molecule has 1 aromatic heterocycles. The number of aromatic nitrogens is 1. The maximum atomic E-state index is 13.3. The average molecular weight is 425 g/mol. The first-order valence-electron chi connectivity index (χ1n) is 10.9. The van der Waals surface area contributed by atoms with Gasteiger partial charge < -0.3 is 9.88 Å². The second-order valence-electron chi connectivity index (χ2n) is 8.67. The summed E-state index contributed by atoms with van der Waals surface area (Å²) in [6, 6.07) is 0.365. The molecule has 1 amide bonds. The molecule has 1 aromatic rings. The van der Waals surface area contributed by atoms with Gasteiger partial charge in [-0.2, -0.15) is 4.31 Å². The summed E-state index contributed by atoms with van der Waals surface area (Å²) in [6.07, 6.45) is 4.01. The van der Waals surface area contributed by atoms with Gasteiger partial charge in [-0.3, -0.25) is 9.69 Å². The first kappa shape index (κ1) is 22.3. The number of nitrogens with zero attached hydrogens (tertiary/aromatic N) is 3. The highest BCUT2D eigenvalue weighted by molar-refractivity contribution is 7.89. The Bertz CT molecular complexity index is 854. The van der Waals surface area contributed by atoms with Crippen molar-refractivity contribution in [1.82, 2.24) is 19.1 Å². The van der Waals surface area contributed by atoms with E-state index in [0.717, 1.165) is 38.8 Å². The molecule has 7 nitrogen and oxygen atoms in total. The van der Waals surface area contributed by atoms with Gasteiger partial charge >= 0.3 is 0 Å². The van der Waals surface area contributed by atoms with Crippen molar-refractivity contribution in [2.45, 2.75) is 64.3 Å². The smallest absolute Gasteiger partial charge is 0.268 e. The van der Waals surface area contributed by atoms with E-state index in [-0.39, 0.29) is 5.91 Å². The van der Waals surface area contributed by atoms with E-state index in [9.17, 15) is 13.2 Å². The number of likely N-dealkylation sites (tertiary alicyclic amines) is 1. The van der Waals surface area contributed by atoms with Gasteiger partial charge in [0.25, 0.3) is 5.91 Å². The monoisotopic (exact) mass is 424 g/mol. The Morgan fingerprint density at radius 1 is 1.14 bits per heavy atom. The van der Waals surface area contributed by atoms with Crippen molar-refractivity contribution in [3.05, 3.63) is 17.0 Å². The zero-order valence-corrected chi connectivity index (χ0v) is 19.3. The summed E-state index contributed by atoms with van der Waals surface area (Å²) >= 11 is 0. The lowest BCUT2D eigenvalue weighted by Crippen LogP contribution is -2.40. The van der Waals surface area contributed by atoms with Gasteiger partial charge in [-0.05, 0) is 58.5 Å². The lowest BCUT2D eigenvalue weighted by atomic mass is 10.0. The van der Waals surface area contributed by atoms with Crippen LogP contribution in [0.4, 0.5) is 0 Å². The van der Waals surface area contributed by atoms with Crippen LogP contribution in [0.15, 0.2) is 4.90 Å². The number of nitrogens with one attached hydrogen (secondary N) is 1. The summed E-state index contributed by atoms with van der Waals surface area (Å²) < 4.78 is 30.0. The Hall–Kier alpha value is -1.38. The highest BCUT2D eigenvalue weighted by Gasteiger charge is 2.35. The standard InChI is InChI=1S/C21H36N4O3S/c1-6-24-11-7-8-18(24)14-22-21(26)19-16(3)20(17(4)23(19)5)29(27,28)25-12-9-15(2)10-13-25/h15,18H,6-14H2,1-5H3,(H,22,26)/t18-/m1/s1. The van der Waals surface area contributed by atoms with Gasteiger partial charge in [-0.15, -0.1) is 0 Å². The number of piperidine rings is 1. The summed E-state index contributed by atoms with van der Waals surface area (Å²) in [5.41, 5.74) is 1.63. The number of hydrogen-bond donors (Lipinski definition) is 1. The Kier molecular flexibility index (Phi) is 6.75. The molecule has 3 heterocycles. The normalized spacial score (nSPS) is 22.3. The van der Waals surface area contributed by atoms with E-state index < -0.39 is 10.0 Å². The molecule has 0 aliphatic carbocycles. The SMILES string of the molecule is CCN1CCC[C@@H]1CNC(=O)c1c(C)c(S(=O)(=O)N2CCC(C)CC2)c(C)n1C. The van der Waals surface area contributed by atoms with E-state index in [0.29, 0.717) is 53.4 Å². The fraction of sp³-hybridized carbons (Fsp3) is 0.762. The van der Waals surface area contributed by atoms with Crippen molar-refractivity contribution in [1.29, 1.82) is 0 Å². The molecule has 2 aliphatic heterocycles. The predicted molar refractivity (Wildman–Crippen MR) is 115 cm³/mol. The molecule has 0 spiro atoms. The third-order valence-corrected chi connectivity index (χ3v) is 8.98. The van der Waals surface area contributed by atoms with Crippen LogP contribution in [-0.4, -0.2) is 66.9 Å². The van der Waals surface area contributed by atoms with E-state index in [1.807, 2.05) is 0 Å². The van der Waals surface area contributed by atoms with Gasteiger partial charge in [0, 0.05) is 44.0 Å². The molecule has 8 heteroatoms. The number of carbonyl (C=O) groups is 1. The number of rotatable bonds is 6. The second-order valence-corrected chi connectivity index (χ2v) is 10.5. The van der Waals surface area contributed by atoms with Crippen molar-refractivity contribution in [3.63, 3.8) is 0 Å². The van der Waals surface area contributed by atoms with Crippen molar-refractivity contribution >= 4 is 15.9 Å². The highest BCUT2D eigenvalue weighted by atomic mass is 32.2. The summed E-state index contributed by atoms with van der Waals surface area (Å²) in [4.78, 5) is 15.7. The van der Waals surface area contributed by atoms with Gasteiger partial charge in [0.2, 0.25) is 10.0 Å². The van der Waals surface area contributed by atoms with Crippen molar-refractivity contribution in [2.24, 2.45) is 13.0 Å². The Labute approximate surface area is 175 Å². The highest BCUT2D eigenvalue weighted by Crippen LogP contribution is 2.31. The number of hydrogen-bond acceptors (Lipinski definition) is 4. The molecule has 1 atom stereocenters. The van der Waals surface area contributed by atoms with E-state index in [2.05, 4.69) is 24.1 Å². The molecule has 2 saturated heterocycles. The second kappa shape index (κ2) is 8.78. The van der Waals surface area contributed by atoms with Crippen molar-refractivity contribution in [3.8, 4) is 0 Å². The van der Waals surface area contributed by atoms with Crippen LogP contribution < -0.4 is 5.32 Å². The Morgan fingerprint density at radius 3 is 2.41 bits per heavy atom. The lowest BCUT2D eigenvalue weighted by molar-refractivity contribution is 0.0932. The topological polar surface area (TPSA) is 74.7 Å². The summed E-state index contributed by atoms with van der Waals surface area (Å²) in [7, 11) is -1.82. The van der Waals surface area contributed by atoms with Gasteiger partial charge in [0.15, 0.2) is 0 Å². The fourth-order valence-corrected chi connectivity index (χ4v) is 6.79. The molecular formula is C21H36N4O3S. The van der Waals surface area contributed by atoms with Crippen LogP contribution in [0.5, 0.6) is 0 Å². The molecule has 2 fully saturated rings. The summed E-state index contributed by atoms with van der Waals surface area (Å²) in [5.74, 6) is 0.365. The average Bonchev–Trinajstić information content (AvgIpc) is 3.22. The maximum absolute atomic E-state index is 13.3. The Balaban J connectivity index is 1.82. The molecule has 0 bridgehead atoms. The van der Waals surface area contributed by atoms with Crippen molar-refractivity contribution < 1.29 is 13.2 Å². The van der Waals surface area contributed by atoms with Crippen LogP contribution >= 0.6 is 0 Å². The van der Waals surface area contributed by atoms with Crippen LogP contribution in [0.3, 0.4) is 0 Å². The van der Waals surface area contributed by atoms with E-state index >= 15 is 0 Å². The van der Waals surface area contributed by atoms with E-state index in [4.69, 9.17) is 0 Å². The summed E-state index contributed by atoms with van der Waals surface area (Å²) in [6.45, 7) is 11.6. The lowest BCUT2D eigenvalue weighted by Gasteiger charge is -2.29. The number of amides is 1. The molecule has 0 saturated carbocycles. The molecule has 0 aromatic carbocycles. The molecular weight excluding hydrogens is 388 g/mol. The van der Waals surface area contributed by atoms with Crippen LogP contribution in [0, 0.1) is 19.8 Å². The maximum Gasteiger partial charge on any atom is 0.268 e. The predicted octanol–water partition coefficient (Wildman–Crippen LogP) is 2.28. The molecule has 2 aliphatic rings. The van der Waals surface area contributed by atoms with Crippen LogP contribution in [0.25, 0.3) is 0 Å². The first-order valence-corrected chi connectivity index (χ1v) is 12.3. The van der Waals surface area contributed by atoms with Crippen LogP contribution in [0.2, 0.25) is 0 Å². The molecule has 1 N–H and O–H groups in total. The third kappa shape index (κ3) is 4.25. The molecule has 0 radical (unpaired) electrons. The van der Waals surface area contributed by atoms with E-state index in [1.54, 1.807) is 29.8 Å². The molecule has 164 valence electrons. The van der Waals surface area contributed by atoms with Gasteiger partial charge in [-0.1, -0.05) is 13.8 Å². The minimum atomic E-state index is -3.60. The zero-order chi connectivity index (χ0) is 21.3. The quantitative estimate of drug-likeness (QED) is 0.760. The molecule has 29 heavy (non-hydrogen) atoms. The minimum absolute atomic E-state index is 0.190. The number of sulfonamides is 1. The number of likely N-dealkylation sites (N-methyl/N-ethyl adjacent to an activating group) is 1. The minimum Gasteiger partial charge on any atom is -0.349 e. The van der Waals surface area contributed by atoms with Gasteiger partial charge in [0.1, 0.15) is 10.6 Å². The zero-order valence-electron chi connectivity index (χ0n) is 18.5. The third-order valence-electron chi connectivity index (χ3n) is 6.82. The van der Waals surface area contributed by atoms with Gasteiger partial charge in [-0.25, -0.2) is 8.42 Å². The van der Waals surface area contributed by atoms with Crippen molar-refractivity contribution in [2.75, 3.05) is 32.7 Å². The summed E-state index contributed by atoms with van der Waals surface area (Å²) in [5, 5.41) is 3.05.